The van der Waals surface area contributed by atoms with Crippen molar-refractivity contribution in [3.8, 4) is 0 Å². The predicted octanol–water partition coefficient (Wildman–Crippen LogP) is 4.42. The van der Waals surface area contributed by atoms with Gasteiger partial charge in [0.2, 0.25) is 0 Å². The molecule has 5 aromatic rings. The van der Waals surface area contributed by atoms with Crippen LogP contribution in [0.1, 0.15) is 15.9 Å². The second-order valence-electron chi connectivity index (χ2n) is 10.1. The number of para-hydroxylation sites is 2. The van der Waals surface area contributed by atoms with Crippen molar-refractivity contribution in [2.24, 2.45) is 0 Å². The van der Waals surface area contributed by atoms with Crippen molar-refractivity contribution in [1.29, 1.82) is 0 Å². The highest BCUT2D eigenvalue weighted by Gasteiger charge is 2.28. The standard InChI is InChI=1S/C32H33N3O5S/c1-23-11-17-27(18-12-23)41(39,40)35(25-15-13-24(14-16-25)32(38)33(2)19-20-36)22-26(37)21-34-30-9-5-3-7-28(30)29-8-4-6-10-31(29)34/h3-18,26,36-37H,19-22H2,1-2H3. The highest BCUT2D eigenvalue weighted by atomic mass is 32.2. The summed E-state index contributed by atoms with van der Waals surface area (Å²) in [5.74, 6) is -0.287. The SMILES string of the molecule is Cc1ccc(S(=O)(=O)N(CC(O)Cn2c3ccccc3c3ccccc32)c2ccc(C(=O)N(C)CCO)cc2)cc1. The van der Waals surface area contributed by atoms with Crippen LogP contribution in [0.4, 0.5) is 5.69 Å². The van der Waals surface area contributed by atoms with Crippen molar-refractivity contribution in [2.45, 2.75) is 24.5 Å². The van der Waals surface area contributed by atoms with Gasteiger partial charge in [-0.1, -0.05) is 54.1 Å². The molecule has 1 heterocycles. The molecule has 0 saturated carbocycles. The minimum absolute atomic E-state index is 0.106. The topological polar surface area (TPSA) is 103 Å². The Balaban J connectivity index is 1.50. The average molecular weight is 572 g/mol. The second-order valence-corrected chi connectivity index (χ2v) is 12.0. The van der Waals surface area contributed by atoms with Crippen LogP contribution in [0.25, 0.3) is 21.8 Å². The Kier molecular flexibility index (Phi) is 8.12. The van der Waals surface area contributed by atoms with Gasteiger partial charge in [0.25, 0.3) is 15.9 Å². The van der Waals surface area contributed by atoms with Crippen LogP contribution in [0, 0.1) is 6.92 Å². The van der Waals surface area contributed by atoms with Gasteiger partial charge < -0.3 is 19.7 Å². The van der Waals surface area contributed by atoms with Crippen molar-refractivity contribution in [3.63, 3.8) is 0 Å². The third kappa shape index (κ3) is 5.69. The fourth-order valence-electron chi connectivity index (χ4n) is 5.08. The zero-order valence-corrected chi connectivity index (χ0v) is 23.8. The Hall–Kier alpha value is -4.18. The summed E-state index contributed by atoms with van der Waals surface area (Å²) in [5, 5.41) is 22.7. The summed E-state index contributed by atoms with van der Waals surface area (Å²) >= 11 is 0. The average Bonchev–Trinajstić information content (AvgIpc) is 3.29. The third-order valence-electron chi connectivity index (χ3n) is 7.24. The third-order valence-corrected chi connectivity index (χ3v) is 9.05. The molecule has 4 aromatic carbocycles. The fourth-order valence-corrected chi connectivity index (χ4v) is 6.58. The van der Waals surface area contributed by atoms with Crippen molar-refractivity contribution in [2.75, 3.05) is 31.0 Å². The van der Waals surface area contributed by atoms with Crippen LogP contribution in [0.3, 0.4) is 0 Å². The molecule has 9 heteroatoms. The Bertz CT molecular complexity index is 1730. The van der Waals surface area contributed by atoms with Crippen LogP contribution in [-0.2, 0) is 16.6 Å². The molecule has 1 unspecified atom stereocenters. The molecule has 0 radical (unpaired) electrons. The first kappa shape index (κ1) is 28.4. The fraction of sp³-hybridized carbons (Fsp3) is 0.219. The minimum Gasteiger partial charge on any atom is -0.395 e. The lowest BCUT2D eigenvalue weighted by molar-refractivity contribution is 0.0767. The number of hydrogen-bond donors (Lipinski definition) is 2. The highest BCUT2D eigenvalue weighted by Crippen LogP contribution is 2.30. The van der Waals surface area contributed by atoms with Crippen molar-refractivity contribution >= 4 is 43.4 Å². The molecule has 0 aliphatic heterocycles. The van der Waals surface area contributed by atoms with Crippen LogP contribution in [0.5, 0.6) is 0 Å². The number of rotatable bonds is 10. The van der Waals surface area contributed by atoms with E-state index in [0.29, 0.717) is 11.3 Å². The summed E-state index contributed by atoms with van der Waals surface area (Å²) in [6.07, 6.45) is -1.05. The smallest absolute Gasteiger partial charge is 0.264 e. The lowest BCUT2D eigenvalue weighted by atomic mass is 10.2. The van der Waals surface area contributed by atoms with Gasteiger partial charge in [-0.3, -0.25) is 9.10 Å². The number of nitrogens with zero attached hydrogens (tertiary/aromatic N) is 3. The van der Waals surface area contributed by atoms with Gasteiger partial charge in [-0.2, -0.15) is 0 Å². The van der Waals surface area contributed by atoms with Crippen LogP contribution >= 0.6 is 0 Å². The number of carbonyl (C=O) groups excluding carboxylic acids is 1. The van der Waals surface area contributed by atoms with E-state index in [9.17, 15) is 18.3 Å². The number of aromatic nitrogens is 1. The van der Waals surface area contributed by atoms with Crippen LogP contribution in [0.15, 0.2) is 102 Å². The Labute approximate surface area is 239 Å². The Morgan fingerprint density at radius 3 is 1.98 bits per heavy atom. The molecule has 41 heavy (non-hydrogen) atoms. The predicted molar refractivity (Wildman–Crippen MR) is 162 cm³/mol. The Morgan fingerprint density at radius 1 is 0.854 bits per heavy atom. The van der Waals surface area contributed by atoms with Gasteiger partial charge >= 0.3 is 0 Å². The van der Waals surface area contributed by atoms with E-state index < -0.39 is 16.1 Å². The summed E-state index contributed by atoms with van der Waals surface area (Å²) in [6, 6.07) is 28.7. The van der Waals surface area contributed by atoms with Crippen molar-refractivity contribution < 1.29 is 23.4 Å². The van der Waals surface area contributed by atoms with Crippen molar-refractivity contribution in [1.82, 2.24) is 9.47 Å². The van der Waals surface area contributed by atoms with Crippen LogP contribution < -0.4 is 4.31 Å². The summed E-state index contributed by atoms with van der Waals surface area (Å²) in [6.45, 7) is 1.88. The van der Waals surface area contributed by atoms with E-state index in [2.05, 4.69) is 0 Å². The quantitative estimate of drug-likeness (QED) is 0.258. The maximum atomic E-state index is 13.9. The van der Waals surface area contributed by atoms with E-state index in [1.54, 1.807) is 55.6 Å². The minimum atomic E-state index is -4.05. The molecule has 212 valence electrons. The van der Waals surface area contributed by atoms with Gasteiger partial charge in [0.05, 0.1) is 36.4 Å². The lowest BCUT2D eigenvalue weighted by Gasteiger charge is -2.28. The number of likely N-dealkylation sites (N-methyl/N-ethyl adjacent to an activating group) is 1. The maximum absolute atomic E-state index is 13.9. The van der Waals surface area contributed by atoms with E-state index >= 15 is 0 Å². The zero-order valence-electron chi connectivity index (χ0n) is 23.0. The number of aryl methyl sites for hydroxylation is 1. The monoisotopic (exact) mass is 571 g/mol. The number of carbonyl (C=O) groups is 1. The van der Waals surface area contributed by atoms with E-state index in [4.69, 9.17) is 5.11 Å². The summed E-state index contributed by atoms with van der Waals surface area (Å²) in [4.78, 5) is 14.2. The molecule has 0 aliphatic rings. The number of aliphatic hydroxyl groups is 2. The van der Waals surface area contributed by atoms with Gasteiger partial charge in [-0.25, -0.2) is 8.42 Å². The van der Waals surface area contributed by atoms with Crippen LogP contribution in [-0.4, -0.2) is 66.9 Å². The molecule has 0 bridgehead atoms. The number of sulfonamides is 1. The number of aliphatic hydroxyl groups excluding tert-OH is 2. The van der Waals surface area contributed by atoms with Crippen LogP contribution in [0.2, 0.25) is 0 Å². The largest absolute Gasteiger partial charge is 0.395 e. The first-order valence-corrected chi connectivity index (χ1v) is 14.8. The number of amides is 1. The van der Waals surface area contributed by atoms with E-state index in [0.717, 1.165) is 27.4 Å². The molecule has 2 N–H and O–H groups in total. The van der Waals surface area contributed by atoms with E-state index in [1.807, 2.05) is 60.0 Å². The molecule has 1 amide bonds. The normalized spacial score (nSPS) is 12.5. The molecule has 1 aromatic heterocycles. The zero-order chi connectivity index (χ0) is 29.1. The molecular formula is C32H33N3O5S. The Morgan fingerprint density at radius 2 is 1.41 bits per heavy atom. The number of fused-ring (bicyclic) bond motifs is 3. The molecule has 0 fully saturated rings. The first-order valence-electron chi connectivity index (χ1n) is 13.4. The van der Waals surface area contributed by atoms with Gasteiger partial charge in [0, 0.05) is 41.0 Å². The van der Waals surface area contributed by atoms with Crippen molar-refractivity contribution in [3.05, 3.63) is 108 Å². The van der Waals surface area contributed by atoms with E-state index in [-0.39, 0.29) is 37.0 Å². The molecule has 8 nitrogen and oxygen atoms in total. The summed E-state index contributed by atoms with van der Waals surface area (Å²) in [5.41, 5.74) is 3.53. The van der Waals surface area contributed by atoms with Gasteiger partial charge in [-0.05, 0) is 55.5 Å². The first-order chi connectivity index (χ1) is 19.7. The van der Waals surface area contributed by atoms with Gasteiger partial charge in [-0.15, -0.1) is 0 Å². The summed E-state index contributed by atoms with van der Waals surface area (Å²) in [7, 11) is -2.46. The lowest BCUT2D eigenvalue weighted by Crippen LogP contribution is -2.39. The summed E-state index contributed by atoms with van der Waals surface area (Å²) < 4.78 is 31.1. The number of anilines is 1. The molecule has 0 saturated heterocycles. The maximum Gasteiger partial charge on any atom is 0.264 e. The van der Waals surface area contributed by atoms with Gasteiger partial charge in [0.1, 0.15) is 0 Å². The van der Waals surface area contributed by atoms with E-state index in [1.165, 1.54) is 9.21 Å². The molecule has 5 rings (SSSR count). The molecule has 1 atom stereocenters. The number of benzene rings is 4. The molecular weight excluding hydrogens is 538 g/mol. The van der Waals surface area contributed by atoms with Gasteiger partial charge in [0.15, 0.2) is 0 Å². The molecule has 0 aliphatic carbocycles. The second kappa shape index (κ2) is 11.7. The molecule has 0 spiro atoms. The highest BCUT2D eigenvalue weighted by molar-refractivity contribution is 7.92. The number of hydrogen-bond acceptors (Lipinski definition) is 5.